The fraction of sp³-hybridized carbons (Fsp3) is 0.450. The van der Waals surface area contributed by atoms with Crippen molar-refractivity contribution in [3.05, 3.63) is 130 Å². The van der Waals surface area contributed by atoms with Crippen molar-refractivity contribution < 1.29 is 10.2 Å². The second-order valence-electron chi connectivity index (χ2n) is 13.7. The van der Waals surface area contributed by atoms with Gasteiger partial charge in [-0.3, -0.25) is 0 Å². The molecule has 2 heteroatoms. The van der Waals surface area contributed by atoms with Crippen LogP contribution < -0.4 is 0 Å². The molecule has 2 nitrogen and oxygen atoms in total. The number of hydrogen-bond donors (Lipinski definition) is 2. The summed E-state index contributed by atoms with van der Waals surface area (Å²) in [5.74, 6) is 0. The lowest BCUT2D eigenvalue weighted by Crippen LogP contribution is -2.28. The van der Waals surface area contributed by atoms with Gasteiger partial charge < -0.3 is 10.2 Å². The predicted molar refractivity (Wildman–Crippen MR) is 184 cm³/mol. The summed E-state index contributed by atoms with van der Waals surface area (Å²) in [5.41, 5.74) is 10.1. The highest BCUT2D eigenvalue weighted by Crippen LogP contribution is 2.42. The van der Waals surface area contributed by atoms with Crippen molar-refractivity contribution in [3.8, 4) is 0 Å². The lowest BCUT2D eigenvalue weighted by molar-refractivity contribution is 0.116. The molecule has 0 aromatic carbocycles. The van der Waals surface area contributed by atoms with Gasteiger partial charge in [-0.1, -0.05) is 146 Å². The Morgan fingerprint density at radius 3 is 1.19 bits per heavy atom. The number of hydrogen-bond acceptors (Lipinski definition) is 2. The van der Waals surface area contributed by atoms with Crippen LogP contribution in [0.3, 0.4) is 0 Å². The molecule has 0 radical (unpaired) electrons. The summed E-state index contributed by atoms with van der Waals surface area (Å²) in [7, 11) is 0. The van der Waals surface area contributed by atoms with Crippen LogP contribution in [0.15, 0.2) is 130 Å². The monoisotopic (exact) mass is 568 g/mol. The molecule has 228 valence electrons. The largest absolute Gasteiger partial charge is 0.393 e. The van der Waals surface area contributed by atoms with Crippen molar-refractivity contribution in [3.63, 3.8) is 0 Å². The van der Waals surface area contributed by atoms with E-state index in [9.17, 15) is 10.2 Å². The Labute approximate surface area is 257 Å². The standard InChI is InChI=1S/C40H56O2/c1-29(17-13-19-31(3)21-23-37-33(5)25-35(41)27-39(37,7)8)15-11-12-16-30(2)18-14-20-32(4)22-24-38-34(6)26-36(42)28-40(38,9)10/h11-24,35-36,41-42H,25-28H2,1-10H3/b12-11+,17-13-,18-14-,23-21+,24-22+,29-15-,30-16-,31-19+,32-20+/t35-,36+. The summed E-state index contributed by atoms with van der Waals surface area (Å²) in [6.45, 7) is 21.6. The van der Waals surface area contributed by atoms with Crippen molar-refractivity contribution in [1.82, 2.24) is 0 Å². The number of allylic oxidation sites excluding steroid dienone is 20. The average Bonchev–Trinajstić information content (AvgIpc) is 2.84. The van der Waals surface area contributed by atoms with Crippen LogP contribution in [-0.2, 0) is 0 Å². The van der Waals surface area contributed by atoms with Gasteiger partial charge in [0.1, 0.15) is 0 Å². The van der Waals surface area contributed by atoms with E-state index in [1.165, 1.54) is 44.6 Å². The third-order valence-corrected chi connectivity index (χ3v) is 8.24. The molecule has 2 N–H and O–H groups in total. The molecule has 42 heavy (non-hydrogen) atoms. The Bertz CT molecular complexity index is 1190. The summed E-state index contributed by atoms with van der Waals surface area (Å²) in [6.07, 6.45) is 32.6. The van der Waals surface area contributed by atoms with Crippen LogP contribution in [0.2, 0.25) is 0 Å². The smallest absolute Gasteiger partial charge is 0.0585 e. The van der Waals surface area contributed by atoms with E-state index >= 15 is 0 Å². The van der Waals surface area contributed by atoms with Gasteiger partial charge in [0.25, 0.3) is 0 Å². The number of aliphatic hydroxyl groups excluding tert-OH is 2. The highest BCUT2D eigenvalue weighted by molar-refractivity contribution is 5.39. The minimum atomic E-state index is -0.227. The summed E-state index contributed by atoms with van der Waals surface area (Å²) in [4.78, 5) is 0. The summed E-state index contributed by atoms with van der Waals surface area (Å²) < 4.78 is 0. The lowest BCUT2D eigenvalue weighted by atomic mass is 9.71. The van der Waals surface area contributed by atoms with E-state index < -0.39 is 0 Å². The lowest BCUT2D eigenvalue weighted by Gasteiger charge is -2.35. The van der Waals surface area contributed by atoms with E-state index in [1.54, 1.807) is 0 Å². The molecule has 0 aromatic rings. The highest BCUT2D eigenvalue weighted by atomic mass is 16.3. The molecule has 2 aliphatic rings. The summed E-state index contributed by atoms with van der Waals surface area (Å²) in [5, 5.41) is 20.2. The Morgan fingerprint density at radius 2 is 0.857 bits per heavy atom. The van der Waals surface area contributed by atoms with E-state index in [2.05, 4.69) is 154 Å². The van der Waals surface area contributed by atoms with Gasteiger partial charge in [0.2, 0.25) is 0 Å². The topological polar surface area (TPSA) is 40.5 Å². The first-order valence-electron chi connectivity index (χ1n) is 15.5. The van der Waals surface area contributed by atoms with Crippen molar-refractivity contribution in [2.45, 2.75) is 107 Å². The van der Waals surface area contributed by atoms with Crippen molar-refractivity contribution >= 4 is 0 Å². The zero-order valence-electron chi connectivity index (χ0n) is 28.0. The van der Waals surface area contributed by atoms with E-state index in [1.807, 2.05) is 0 Å². The molecule has 0 heterocycles. The van der Waals surface area contributed by atoms with E-state index in [0.717, 1.165) is 25.7 Å². The normalized spacial score (nSPS) is 25.0. The van der Waals surface area contributed by atoms with Gasteiger partial charge in [0, 0.05) is 0 Å². The average molecular weight is 569 g/mol. The molecule has 0 spiro atoms. The minimum Gasteiger partial charge on any atom is -0.393 e. The van der Waals surface area contributed by atoms with Crippen LogP contribution in [0.4, 0.5) is 0 Å². The third kappa shape index (κ3) is 11.7. The molecule has 0 aliphatic heterocycles. The fourth-order valence-corrected chi connectivity index (χ4v) is 6.13. The molecule has 0 saturated heterocycles. The predicted octanol–water partition coefficient (Wildman–Crippen LogP) is 10.5. The first-order valence-corrected chi connectivity index (χ1v) is 15.5. The zero-order chi connectivity index (χ0) is 31.5. The Balaban J connectivity index is 1.90. The Hall–Kier alpha value is -2.94. The van der Waals surface area contributed by atoms with Gasteiger partial charge >= 0.3 is 0 Å². The molecular weight excluding hydrogens is 512 g/mol. The van der Waals surface area contributed by atoms with Crippen LogP contribution in [-0.4, -0.2) is 22.4 Å². The molecule has 0 amide bonds. The van der Waals surface area contributed by atoms with E-state index in [0.29, 0.717) is 0 Å². The quantitative estimate of drug-likeness (QED) is 0.257. The van der Waals surface area contributed by atoms with Gasteiger partial charge in [-0.25, -0.2) is 0 Å². The molecule has 0 fully saturated rings. The maximum atomic E-state index is 10.1. The minimum absolute atomic E-state index is 0.00547. The van der Waals surface area contributed by atoms with E-state index in [4.69, 9.17) is 0 Å². The summed E-state index contributed by atoms with van der Waals surface area (Å²) in [6, 6.07) is 0. The fourth-order valence-electron chi connectivity index (χ4n) is 6.13. The van der Waals surface area contributed by atoms with Crippen molar-refractivity contribution in [2.75, 3.05) is 0 Å². The van der Waals surface area contributed by atoms with Gasteiger partial charge in [0.15, 0.2) is 0 Å². The molecule has 0 saturated carbocycles. The van der Waals surface area contributed by atoms with Crippen LogP contribution in [0.5, 0.6) is 0 Å². The maximum Gasteiger partial charge on any atom is 0.0585 e. The van der Waals surface area contributed by atoms with Crippen molar-refractivity contribution in [1.29, 1.82) is 0 Å². The molecular formula is C40H56O2. The first-order chi connectivity index (χ1) is 19.6. The van der Waals surface area contributed by atoms with Crippen molar-refractivity contribution in [2.24, 2.45) is 10.8 Å². The Morgan fingerprint density at radius 1 is 0.548 bits per heavy atom. The molecule has 2 atom stereocenters. The maximum absolute atomic E-state index is 10.1. The van der Waals surface area contributed by atoms with Crippen LogP contribution in [0.1, 0.15) is 94.9 Å². The summed E-state index contributed by atoms with van der Waals surface area (Å²) >= 11 is 0. The molecule has 0 aromatic heterocycles. The molecule has 0 bridgehead atoms. The van der Waals surface area contributed by atoms with Gasteiger partial charge in [-0.15, -0.1) is 0 Å². The van der Waals surface area contributed by atoms with Crippen LogP contribution in [0.25, 0.3) is 0 Å². The van der Waals surface area contributed by atoms with E-state index in [-0.39, 0.29) is 23.0 Å². The second kappa shape index (κ2) is 16.1. The number of rotatable bonds is 10. The highest BCUT2D eigenvalue weighted by Gasteiger charge is 2.32. The molecule has 2 rings (SSSR count). The molecule has 0 unspecified atom stereocenters. The SMILES string of the molecule is CC1=C(/C=C/C(C)=C/C=C\C(C)=C/C=C/C=C(C)\C=C/C=C(C)/C=C/C2=C(C)C[C@H](O)CC2(C)C)C(C)(C)C[C@H](O)C1. The first kappa shape index (κ1) is 35.3. The van der Waals surface area contributed by atoms with Gasteiger partial charge in [0.05, 0.1) is 12.2 Å². The molecule has 2 aliphatic carbocycles. The van der Waals surface area contributed by atoms with Crippen LogP contribution in [0, 0.1) is 10.8 Å². The number of aliphatic hydroxyl groups is 2. The zero-order valence-corrected chi connectivity index (χ0v) is 28.0. The van der Waals surface area contributed by atoms with Gasteiger partial charge in [-0.2, -0.15) is 0 Å². The van der Waals surface area contributed by atoms with Crippen LogP contribution >= 0.6 is 0 Å². The Kier molecular flexibility index (Phi) is 13.5. The second-order valence-corrected chi connectivity index (χ2v) is 13.7. The van der Waals surface area contributed by atoms with Gasteiger partial charge in [-0.05, 0) is 89.2 Å². The third-order valence-electron chi connectivity index (χ3n) is 8.24.